The number of hydrogen-bond acceptors (Lipinski definition) is 7. The van der Waals surface area contributed by atoms with Gasteiger partial charge >= 0.3 is 11.5 Å². The van der Waals surface area contributed by atoms with Crippen LogP contribution in [0.5, 0.6) is 0 Å². The van der Waals surface area contributed by atoms with E-state index < -0.39 is 4.92 Å². The molecule has 0 radical (unpaired) electrons. The van der Waals surface area contributed by atoms with Gasteiger partial charge in [-0.3, -0.25) is 15.4 Å². The molecule has 1 aromatic carbocycles. The molecule has 1 aromatic heterocycles. The summed E-state index contributed by atoms with van der Waals surface area (Å²) < 4.78 is 0.428. The summed E-state index contributed by atoms with van der Waals surface area (Å²) >= 11 is 0. The van der Waals surface area contributed by atoms with Crippen LogP contribution in [0.2, 0.25) is 0 Å². The highest BCUT2D eigenvalue weighted by Crippen LogP contribution is 2.15. The number of nitrogens with one attached hydrogen (secondary N) is 2. The Balaban J connectivity index is 0.000000463. The number of nitro benzene ring substituents is 1. The lowest BCUT2D eigenvalue weighted by atomic mass is 10.3. The first kappa shape index (κ1) is 18.3. The number of rotatable bonds is 5. The lowest BCUT2D eigenvalue weighted by Gasteiger charge is -2.08. The maximum absolute atomic E-state index is 11.8. The summed E-state index contributed by atoms with van der Waals surface area (Å²) in [6, 6.07) is 3.39. The fraction of sp³-hybridized carbons (Fsp3) is 0.462. The largest absolute Gasteiger partial charge is 0.739 e. The van der Waals surface area contributed by atoms with Gasteiger partial charge in [-0.1, -0.05) is 13.8 Å². The Labute approximate surface area is 133 Å². The second-order valence-electron chi connectivity index (χ2n) is 4.41. The van der Waals surface area contributed by atoms with Crippen molar-refractivity contribution in [1.29, 1.82) is 0 Å². The van der Waals surface area contributed by atoms with E-state index >= 15 is 0 Å². The normalized spacial score (nSPS) is 10.0. The Kier molecular flexibility index (Phi) is 6.87. The fourth-order valence-electron chi connectivity index (χ4n) is 1.76. The van der Waals surface area contributed by atoms with Crippen LogP contribution in [0.25, 0.3) is 11.0 Å². The molecule has 10 nitrogen and oxygen atoms in total. The first-order valence-electron chi connectivity index (χ1n) is 7.22. The summed E-state index contributed by atoms with van der Waals surface area (Å²) in [5.41, 5.74) is -0.410. The van der Waals surface area contributed by atoms with Gasteiger partial charge in [-0.05, 0) is 26.1 Å². The fourth-order valence-corrected chi connectivity index (χ4v) is 1.76. The maximum atomic E-state index is 11.8. The maximum Gasteiger partial charge on any atom is 0.460 e. The first-order valence-corrected chi connectivity index (χ1v) is 7.22. The van der Waals surface area contributed by atoms with Crippen molar-refractivity contribution in [3.05, 3.63) is 38.7 Å². The monoisotopic (exact) mass is 324 g/mol. The Morgan fingerprint density at radius 1 is 1.13 bits per heavy atom. The predicted molar refractivity (Wildman–Crippen MR) is 84.7 cm³/mol. The lowest BCUT2D eigenvalue weighted by molar-refractivity contribution is -0.672. The van der Waals surface area contributed by atoms with Gasteiger partial charge in [-0.2, -0.15) is 0 Å². The highest BCUT2D eigenvalue weighted by molar-refractivity contribution is 5.71. The molecule has 0 spiro atoms. The van der Waals surface area contributed by atoms with E-state index in [9.17, 15) is 20.5 Å². The van der Waals surface area contributed by atoms with Crippen LogP contribution in [-0.2, 0) is 0 Å². The van der Waals surface area contributed by atoms with Crippen molar-refractivity contribution in [2.75, 3.05) is 25.0 Å². The van der Waals surface area contributed by atoms with Crippen molar-refractivity contribution in [2.24, 2.45) is 0 Å². The summed E-state index contributed by atoms with van der Waals surface area (Å²) in [6.07, 6.45) is 0. The quantitative estimate of drug-likeness (QED) is 0.353. The van der Waals surface area contributed by atoms with Crippen LogP contribution >= 0.6 is 0 Å². The molecule has 0 amide bonds. The molecule has 0 saturated carbocycles. The average Bonchev–Trinajstić information content (AvgIpc) is 2.53. The molecule has 0 saturated heterocycles. The SMILES string of the molecule is CCNCC.CCNc1n[n+]([O-])c2cc([N+](=O)[O-])ccc2[n+]1[O-]. The predicted octanol–water partition coefficient (Wildman–Crippen LogP) is 0.457. The molecule has 0 atom stereocenters. The number of aromatic nitrogens is 3. The molecule has 0 aliphatic rings. The van der Waals surface area contributed by atoms with E-state index in [1.54, 1.807) is 6.92 Å². The molecule has 0 bridgehead atoms. The lowest BCUT2D eigenvalue weighted by Crippen LogP contribution is -2.44. The van der Waals surface area contributed by atoms with Crippen molar-refractivity contribution in [3.63, 3.8) is 0 Å². The summed E-state index contributed by atoms with van der Waals surface area (Å²) in [4.78, 5) is 10.1. The number of hydrogen-bond donors (Lipinski definition) is 2. The van der Waals surface area contributed by atoms with E-state index in [0.29, 0.717) is 11.3 Å². The molecule has 23 heavy (non-hydrogen) atoms. The highest BCUT2D eigenvalue weighted by Gasteiger charge is 2.22. The smallest absolute Gasteiger partial charge is 0.460 e. The van der Waals surface area contributed by atoms with Gasteiger partial charge in [-0.25, -0.2) is 4.73 Å². The van der Waals surface area contributed by atoms with Crippen LogP contribution in [0.15, 0.2) is 18.2 Å². The van der Waals surface area contributed by atoms with Gasteiger partial charge in [0, 0.05) is 10.9 Å². The molecule has 2 aromatic rings. The van der Waals surface area contributed by atoms with Crippen molar-refractivity contribution < 1.29 is 14.5 Å². The number of nitrogens with zero attached hydrogens (tertiary/aromatic N) is 4. The van der Waals surface area contributed by atoms with E-state index in [0.717, 1.165) is 25.2 Å². The van der Waals surface area contributed by atoms with Gasteiger partial charge in [0.25, 0.3) is 5.69 Å². The van der Waals surface area contributed by atoms with Gasteiger partial charge in [-0.15, -0.1) is 0 Å². The molecule has 10 heteroatoms. The molecule has 0 unspecified atom stereocenters. The van der Waals surface area contributed by atoms with Crippen LogP contribution in [0.4, 0.5) is 11.6 Å². The van der Waals surface area contributed by atoms with Crippen LogP contribution in [-0.4, -0.2) is 29.7 Å². The molecular weight excluding hydrogens is 304 g/mol. The standard InChI is InChI=1S/C9H9N5O4.C4H11N/c1-2-10-9-11-13(16)8-5-6(14(17)18)3-4-7(8)12(9)15;1-3-5-4-2/h3-5H,2H2,1H3,(H,10,11);5H,3-4H2,1-2H3. The van der Waals surface area contributed by atoms with E-state index in [-0.39, 0.29) is 27.5 Å². The summed E-state index contributed by atoms with van der Waals surface area (Å²) in [5.74, 6) is -0.145. The molecule has 2 N–H and O–H groups in total. The molecule has 1 heterocycles. The zero-order chi connectivity index (χ0) is 17.4. The van der Waals surface area contributed by atoms with Gasteiger partial charge in [0.05, 0.1) is 17.5 Å². The Bertz CT molecular complexity index is 677. The van der Waals surface area contributed by atoms with Crippen LogP contribution < -0.4 is 20.2 Å². The highest BCUT2D eigenvalue weighted by atomic mass is 16.6. The molecule has 0 fully saturated rings. The van der Waals surface area contributed by atoms with Crippen LogP contribution in [0.3, 0.4) is 0 Å². The van der Waals surface area contributed by atoms with Crippen LogP contribution in [0, 0.1) is 20.5 Å². The molecule has 126 valence electrons. The molecular formula is C13H20N6O4. The second-order valence-corrected chi connectivity index (χ2v) is 4.41. The molecule has 0 aliphatic heterocycles. The van der Waals surface area contributed by atoms with Crippen molar-refractivity contribution >= 4 is 22.7 Å². The van der Waals surface area contributed by atoms with Crippen molar-refractivity contribution in [3.8, 4) is 0 Å². The number of non-ortho nitro benzene ring substituents is 1. The van der Waals surface area contributed by atoms with Gasteiger partial charge in [0.2, 0.25) is 5.10 Å². The minimum absolute atomic E-state index is 0.0153. The third-order valence-corrected chi connectivity index (χ3v) is 2.81. The van der Waals surface area contributed by atoms with Gasteiger partial charge in [0.1, 0.15) is 0 Å². The van der Waals surface area contributed by atoms with Gasteiger partial charge in [0.15, 0.2) is 5.52 Å². The molecule has 2 rings (SSSR count). The Morgan fingerprint density at radius 3 is 2.26 bits per heavy atom. The number of fused-ring (bicyclic) bond motifs is 1. The second kappa shape index (κ2) is 8.63. The average molecular weight is 324 g/mol. The van der Waals surface area contributed by atoms with E-state index in [2.05, 4.69) is 29.6 Å². The Morgan fingerprint density at radius 2 is 1.78 bits per heavy atom. The summed E-state index contributed by atoms with van der Waals surface area (Å²) in [5, 5.41) is 43.2. The summed E-state index contributed by atoms with van der Waals surface area (Å²) in [6.45, 7) is 8.56. The van der Waals surface area contributed by atoms with Crippen molar-refractivity contribution in [2.45, 2.75) is 20.8 Å². The minimum Gasteiger partial charge on any atom is -0.739 e. The van der Waals surface area contributed by atoms with Crippen molar-refractivity contribution in [1.82, 2.24) is 10.4 Å². The minimum atomic E-state index is -0.646. The topological polar surface area (TPSA) is 134 Å². The number of nitro groups is 1. The summed E-state index contributed by atoms with van der Waals surface area (Å²) in [7, 11) is 0. The molecule has 0 aliphatic carbocycles. The van der Waals surface area contributed by atoms with E-state index in [1.807, 2.05) is 0 Å². The third-order valence-electron chi connectivity index (χ3n) is 2.81. The zero-order valence-corrected chi connectivity index (χ0v) is 13.3. The van der Waals surface area contributed by atoms with Gasteiger partial charge < -0.3 is 15.7 Å². The van der Waals surface area contributed by atoms with E-state index in [1.165, 1.54) is 6.07 Å². The third kappa shape index (κ3) is 4.61. The number of benzene rings is 1. The van der Waals surface area contributed by atoms with E-state index in [4.69, 9.17) is 0 Å². The number of anilines is 1. The van der Waals surface area contributed by atoms with Crippen LogP contribution in [0.1, 0.15) is 20.8 Å². The zero-order valence-electron chi connectivity index (χ0n) is 13.3. The first-order chi connectivity index (χ1) is 11.0. The Hall–Kier alpha value is -2.75.